The predicted octanol–water partition coefficient (Wildman–Crippen LogP) is 3.46. The van der Waals surface area contributed by atoms with Gasteiger partial charge in [-0.05, 0) is 36.8 Å². The highest BCUT2D eigenvalue weighted by atomic mass is 32.1. The van der Waals surface area contributed by atoms with E-state index in [1.165, 1.54) is 11.3 Å². The first kappa shape index (κ1) is 17.9. The van der Waals surface area contributed by atoms with E-state index < -0.39 is 5.41 Å². The highest BCUT2D eigenvalue weighted by Crippen LogP contribution is 2.29. The van der Waals surface area contributed by atoms with Gasteiger partial charge in [0.05, 0.1) is 20.9 Å². The van der Waals surface area contributed by atoms with Crippen molar-refractivity contribution in [2.24, 2.45) is 5.41 Å². The zero-order valence-electron chi connectivity index (χ0n) is 14.9. The molecule has 0 aliphatic carbocycles. The molecule has 26 heavy (non-hydrogen) atoms. The average molecular weight is 372 g/mol. The molecule has 8 heteroatoms. The number of imidazole rings is 1. The summed E-state index contributed by atoms with van der Waals surface area (Å²) in [7, 11) is 0. The number of H-pyrrole nitrogens is 2. The summed E-state index contributed by atoms with van der Waals surface area (Å²) in [6.45, 7) is 7.32. The van der Waals surface area contributed by atoms with Gasteiger partial charge in [-0.25, -0.2) is 4.79 Å². The first-order valence-corrected chi connectivity index (χ1v) is 8.90. The first-order valence-electron chi connectivity index (χ1n) is 8.09. The third kappa shape index (κ3) is 3.70. The van der Waals surface area contributed by atoms with Gasteiger partial charge in [-0.2, -0.15) is 0 Å². The first-order chi connectivity index (χ1) is 12.1. The molecule has 0 saturated carbocycles. The van der Waals surface area contributed by atoms with Crippen molar-refractivity contribution in [3.63, 3.8) is 0 Å². The van der Waals surface area contributed by atoms with Crippen LogP contribution in [0.3, 0.4) is 0 Å². The highest BCUT2D eigenvalue weighted by molar-refractivity contribution is 7.18. The number of benzene rings is 1. The lowest BCUT2D eigenvalue weighted by molar-refractivity contribution is -0.123. The average Bonchev–Trinajstić information content (AvgIpc) is 3.07. The molecular weight excluding hydrogens is 352 g/mol. The molecule has 2 aromatic heterocycles. The molecule has 0 unspecified atom stereocenters. The van der Waals surface area contributed by atoms with E-state index >= 15 is 0 Å². The molecule has 1 aromatic carbocycles. The number of aryl methyl sites for hydroxylation is 1. The van der Waals surface area contributed by atoms with Crippen molar-refractivity contribution >= 4 is 44.9 Å². The molecular formula is C18H20N4O3S. The summed E-state index contributed by atoms with van der Waals surface area (Å²) in [6, 6.07) is 6.92. The number of hydrogen-bond donors (Lipinski definition) is 4. The summed E-state index contributed by atoms with van der Waals surface area (Å²) in [4.78, 5) is 41.8. The molecule has 0 aliphatic rings. The minimum atomic E-state index is -0.511. The Morgan fingerprint density at radius 2 is 1.73 bits per heavy atom. The molecule has 7 nitrogen and oxygen atoms in total. The van der Waals surface area contributed by atoms with Crippen molar-refractivity contribution in [2.45, 2.75) is 27.7 Å². The van der Waals surface area contributed by atoms with E-state index in [0.717, 1.165) is 5.56 Å². The highest BCUT2D eigenvalue weighted by Gasteiger charge is 2.23. The molecule has 136 valence electrons. The third-order valence-corrected chi connectivity index (χ3v) is 4.97. The second-order valence-corrected chi connectivity index (χ2v) is 8.17. The largest absolute Gasteiger partial charge is 0.323 e. The number of amides is 2. The quantitative estimate of drug-likeness (QED) is 0.565. The van der Waals surface area contributed by atoms with Crippen LogP contribution >= 0.6 is 11.3 Å². The van der Waals surface area contributed by atoms with E-state index in [1.54, 1.807) is 24.3 Å². The Balaban J connectivity index is 1.78. The molecule has 0 radical (unpaired) electrons. The topological polar surface area (TPSA) is 107 Å². The number of rotatable bonds is 3. The van der Waals surface area contributed by atoms with Crippen LogP contribution in [-0.2, 0) is 4.79 Å². The maximum absolute atomic E-state index is 12.6. The number of nitrogens with one attached hydrogen (secondary N) is 4. The minimum absolute atomic E-state index is 0.104. The minimum Gasteiger partial charge on any atom is -0.321 e. The van der Waals surface area contributed by atoms with Crippen LogP contribution < -0.4 is 16.3 Å². The van der Waals surface area contributed by atoms with E-state index in [9.17, 15) is 14.4 Å². The summed E-state index contributed by atoms with van der Waals surface area (Å²) in [5, 5.41) is 6.30. The van der Waals surface area contributed by atoms with Gasteiger partial charge in [-0.15, -0.1) is 11.3 Å². The van der Waals surface area contributed by atoms with Crippen LogP contribution in [0.25, 0.3) is 11.0 Å². The van der Waals surface area contributed by atoms with Gasteiger partial charge in [0.25, 0.3) is 5.91 Å². The fourth-order valence-corrected chi connectivity index (χ4v) is 3.33. The predicted molar refractivity (Wildman–Crippen MR) is 104 cm³/mol. The molecule has 3 aromatic rings. The number of anilines is 2. The summed E-state index contributed by atoms with van der Waals surface area (Å²) < 4.78 is 0. The Morgan fingerprint density at radius 1 is 1.04 bits per heavy atom. The summed E-state index contributed by atoms with van der Waals surface area (Å²) in [5.41, 5.74) is 1.85. The van der Waals surface area contributed by atoms with Gasteiger partial charge in [-0.1, -0.05) is 20.8 Å². The number of hydrogen-bond acceptors (Lipinski definition) is 4. The number of aromatic nitrogens is 2. The standard InChI is InChI=1S/C18H20N4O3S/c1-9-7-13(22-16(24)18(2,3)4)26-14(9)15(23)19-10-5-6-11-12(8-10)21-17(25)20-11/h5-8H,1-4H3,(H,19,23)(H,22,24)(H2,20,21,25). The van der Waals surface area contributed by atoms with Crippen molar-refractivity contribution < 1.29 is 9.59 Å². The number of carbonyl (C=O) groups is 2. The fraction of sp³-hybridized carbons (Fsp3) is 0.278. The molecule has 0 saturated heterocycles. The molecule has 0 aliphatic heterocycles. The van der Waals surface area contributed by atoms with Crippen LogP contribution in [0.4, 0.5) is 10.7 Å². The zero-order valence-corrected chi connectivity index (χ0v) is 15.8. The van der Waals surface area contributed by atoms with Crippen molar-refractivity contribution in [1.29, 1.82) is 0 Å². The van der Waals surface area contributed by atoms with E-state index in [-0.39, 0.29) is 17.5 Å². The van der Waals surface area contributed by atoms with Crippen LogP contribution in [0.1, 0.15) is 36.0 Å². The van der Waals surface area contributed by atoms with Crippen molar-refractivity contribution in [3.05, 3.63) is 45.2 Å². The van der Waals surface area contributed by atoms with E-state index in [4.69, 9.17) is 0 Å². The Bertz CT molecular complexity index is 1050. The van der Waals surface area contributed by atoms with Gasteiger partial charge in [0.1, 0.15) is 0 Å². The lowest BCUT2D eigenvalue weighted by atomic mass is 9.96. The lowest BCUT2D eigenvalue weighted by Gasteiger charge is -2.16. The summed E-state index contributed by atoms with van der Waals surface area (Å²) >= 11 is 1.23. The molecule has 0 spiro atoms. The molecule has 0 bridgehead atoms. The maximum Gasteiger partial charge on any atom is 0.323 e. The molecule has 0 atom stereocenters. The van der Waals surface area contributed by atoms with Gasteiger partial charge < -0.3 is 20.6 Å². The van der Waals surface area contributed by atoms with Gasteiger partial charge in [0, 0.05) is 11.1 Å². The normalized spacial score (nSPS) is 11.5. The van der Waals surface area contributed by atoms with Crippen LogP contribution in [0, 0.1) is 12.3 Å². The number of aromatic amines is 2. The van der Waals surface area contributed by atoms with Crippen LogP contribution in [0.15, 0.2) is 29.1 Å². The number of fused-ring (bicyclic) bond motifs is 1. The van der Waals surface area contributed by atoms with E-state index in [1.807, 2.05) is 27.7 Å². The number of thiophene rings is 1. The van der Waals surface area contributed by atoms with Gasteiger partial charge in [0.2, 0.25) is 5.91 Å². The van der Waals surface area contributed by atoms with Crippen molar-refractivity contribution in [3.8, 4) is 0 Å². The Kier molecular flexibility index (Phi) is 4.45. The fourth-order valence-electron chi connectivity index (χ4n) is 2.37. The van der Waals surface area contributed by atoms with Crippen molar-refractivity contribution in [2.75, 3.05) is 10.6 Å². The second kappa shape index (κ2) is 6.45. The van der Waals surface area contributed by atoms with Crippen molar-refractivity contribution in [1.82, 2.24) is 9.97 Å². The Labute approximate surface area is 153 Å². The lowest BCUT2D eigenvalue weighted by Crippen LogP contribution is -2.27. The maximum atomic E-state index is 12.6. The zero-order chi connectivity index (χ0) is 19.1. The summed E-state index contributed by atoms with van der Waals surface area (Å²) in [6.07, 6.45) is 0. The van der Waals surface area contributed by atoms with E-state index in [0.29, 0.717) is 26.6 Å². The number of carbonyl (C=O) groups excluding carboxylic acids is 2. The van der Waals surface area contributed by atoms with E-state index in [2.05, 4.69) is 20.6 Å². The molecule has 2 heterocycles. The second-order valence-electron chi connectivity index (χ2n) is 7.12. The van der Waals surface area contributed by atoms with Gasteiger partial charge in [-0.3, -0.25) is 9.59 Å². The molecule has 2 amide bonds. The third-order valence-electron chi connectivity index (χ3n) is 3.82. The van der Waals surface area contributed by atoms with Crippen LogP contribution in [-0.4, -0.2) is 21.8 Å². The molecule has 4 N–H and O–H groups in total. The van der Waals surface area contributed by atoms with Gasteiger partial charge >= 0.3 is 5.69 Å². The van der Waals surface area contributed by atoms with Crippen LogP contribution in [0.5, 0.6) is 0 Å². The van der Waals surface area contributed by atoms with Crippen LogP contribution in [0.2, 0.25) is 0 Å². The van der Waals surface area contributed by atoms with Gasteiger partial charge in [0.15, 0.2) is 0 Å². The Hall–Kier alpha value is -2.87. The molecule has 0 fully saturated rings. The molecule has 3 rings (SSSR count). The monoisotopic (exact) mass is 372 g/mol. The summed E-state index contributed by atoms with van der Waals surface area (Å²) in [5.74, 6) is -0.367. The smallest absolute Gasteiger partial charge is 0.321 e. The Morgan fingerprint density at radius 3 is 2.42 bits per heavy atom. The SMILES string of the molecule is Cc1cc(NC(=O)C(C)(C)C)sc1C(=O)Nc1ccc2[nH]c(=O)[nH]c2c1.